The van der Waals surface area contributed by atoms with E-state index in [-0.39, 0.29) is 0 Å². The third-order valence-electron chi connectivity index (χ3n) is 3.28. The van der Waals surface area contributed by atoms with Gasteiger partial charge in [0.1, 0.15) is 0 Å². The maximum Gasteiger partial charge on any atom is 0.0252 e. The van der Waals surface area contributed by atoms with E-state index in [1.165, 1.54) is 37.4 Å². The van der Waals surface area contributed by atoms with Gasteiger partial charge in [-0.3, -0.25) is 4.90 Å². The number of hydrogen-bond acceptors (Lipinski definition) is 3. The van der Waals surface area contributed by atoms with Gasteiger partial charge < -0.3 is 5.32 Å². The van der Waals surface area contributed by atoms with E-state index in [1.54, 1.807) is 0 Å². The van der Waals surface area contributed by atoms with Crippen LogP contribution in [0.4, 0.5) is 0 Å². The first kappa shape index (κ1) is 14.3. The molecule has 0 aromatic heterocycles. The highest BCUT2D eigenvalue weighted by molar-refractivity contribution is 7.99. The second kappa shape index (κ2) is 6.87. The quantitative estimate of drug-likeness (QED) is 0.723. The smallest absolute Gasteiger partial charge is 0.0252 e. The molecule has 1 heterocycles. The number of nitrogens with one attached hydrogen (secondary N) is 1. The maximum atomic E-state index is 3.67. The molecule has 16 heavy (non-hydrogen) atoms. The number of thioether (sulfide) groups is 1. The van der Waals surface area contributed by atoms with E-state index < -0.39 is 0 Å². The Bertz CT molecular complexity index is 194. The molecular weight excluding hydrogens is 216 g/mol. The predicted molar refractivity (Wildman–Crippen MR) is 75.3 cm³/mol. The Morgan fingerprint density at radius 1 is 1.38 bits per heavy atom. The zero-order valence-electron chi connectivity index (χ0n) is 11.4. The first-order valence-electron chi connectivity index (χ1n) is 6.66. The molecule has 0 radical (unpaired) electrons. The van der Waals surface area contributed by atoms with Gasteiger partial charge in [-0.15, -0.1) is 0 Å². The Balaban J connectivity index is 2.43. The van der Waals surface area contributed by atoms with Crippen LogP contribution in [0.1, 0.15) is 40.5 Å². The molecule has 1 atom stereocenters. The van der Waals surface area contributed by atoms with Gasteiger partial charge in [-0.1, -0.05) is 20.3 Å². The van der Waals surface area contributed by atoms with Crippen molar-refractivity contribution >= 4 is 11.8 Å². The molecule has 0 amide bonds. The van der Waals surface area contributed by atoms with Crippen LogP contribution in [0.5, 0.6) is 0 Å². The van der Waals surface area contributed by atoms with E-state index in [0.717, 1.165) is 12.6 Å². The Morgan fingerprint density at radius 2 is 2.12 bits per heavy atom. The van der Waals surface area contributed by atoms with Crippen molar-refractivity contribution in [2.24, 2.45) is 0 Å². The molecule has 96 valence electrons. The Hall–Kier alpha value is 0.270. The van der Waals surface area contributed by atoms with Crippen LogP contribution in [0.25, 0.3) is 0 Å². The molecule has 1 fully saturated rings. The molecule has 0 aliphatic carbocycles. The van der Waals surface area contributed by atoms with Crippen molar-refractivity contribution in [1.29, 1.82) is 0 Å². The molecule has 0 bridgehead atoms. The third-order valence-corrected chi connectivity index (χ3v) is 4.16. The zero-order valence-corrected chi connectivity index (χ0v) is 12.2. The first-order valence-corrected chi connectivity index (χ1v) is 7.81. The van der Waals surface area contributed by atoms with Gasteiger partial charge in [0.15, 0.2) is 0 Å². The van der Waals surface area contributed by atoms with E-state index in [0.29, 0.717) is 5.54 Å². The van der Waals surface area contributed by atoms with Gasteiger partial charge in [0.2, 0.25) is 0 Å². The summed E-state index contributed by atoms with van der Waals surface area (Å²) in [6.07, 6.45) is 2.63. The van der Waals surface area contributed by atoms with Crippen LogP contribution in [0, 0.1) is 0 Å². The minimum absolute atomic E-state index is 0.293. The molecule has 1 unspecified atom stereocenters. The molecule has 0 spiro atoms. The molecule has 2 nitrogen and oxygen atoms in total. The van der Waals surface area contributed by atoms with Crippen molar-refractivity contribution in [3.05, 3.63) is 0 Å². The van der Waals surface area contributed by atoms with Crippen molar-refractivity contribution < 1.29 is 0 Å². The van der Waals surface area contributed by atoms with Crippen LogP contribution in [-0.2, 0) is 0 Å². The molecule has 0 saturated carbocycles. The summed E-state index contributed by atoms with van der Waals surface area (Å²) in [4.78, 5) is 2.70. The first-order chi connectivity index (χ1) is 7.59. The van der Waals surface area contributed by atoms with E-state index in [1.807, 2.05) is 0 Å². The maximum absolute atomic E-state index is 3.67. The second-order valence-corrected chi connectivity index (χ2v) is 6.77. The third kappa shape index (κ3) is 4.64. The van der Waals surface area contributed by atoms with Crippen molar-refractivity contribution in [1.82, 2.24) is 10.2 Å². The lowest BCUT2D eigenvalue weighted by atomic mass is 9.97. The van der Waals surface area contributed by atoms with Crippen LogP contribution >= 0.6 is 11.8 Å². The minimum Gasteiger partial charge on any atom is -0.309 e. The number of nitrogens with zero attached hydrogens (tertiary/aromatic N) is 1. The number of rotatable bonds is 6. The fourth-order valence-electron chi connectivity index (χ4n) is 2.42. The molecule has 1 saturated heterocycles. The van der Waals surface area contributed by atoms with E-state index in [9.17, 15) is 0 Å². The average Bonchev–Trinajstić information content (AvgIpc) is 2.22. The largest absolute Gasteiger partial charge is 0.309 e. The van der Waals surface area contributed by atoms with Gasteiger partial charge in [0.05, 0.1) is 0 Å². The van der Waals surface area contributed by atoms with Crippen molar-refractivity contribution in [2.75, 3.05) is 31.1 Å². The van der Waals surface area contributed by atoms with E-state index in [2.05, 4.69) is 49.7 Å². The van der Waals surface area contributed by atoms with Crippen LogP contribution in [0.15, 0.2) is 0 Å². The summed E-state index contributed by atoms with van der Waals surface area (Å²) in [6.45, 7) is 12.8. The van der Waals surface area contributed by atoms with Crippen LogP contribution in [0.3, 0.4) is 0 Å². The number of hydrogen-bond donors (Lipinski definition) is 1. The van der Waals surface area contributed by atoms with Gasteiger partial charge in [-0.05, 0) is 26.0 Å². The monoisotopic (exact) mass is 244 g/mol. The summed E-state index contributed by atoms with van der Waals surface area (Å²) >= 11 is 2.06. The fourth-order valence-corrected chi connectivity index (χ4v) is 3.07. The Kier molecular flexibility index (Phi) is 6.16. The van der Waals surface area contributed by atoms with Crippen molar-refractivity contribution in [2.45, 2.75) is 52.1 Å². The molecular formula is C13H28N2S. The van der Waals surface area contributed by atoms with Gasteiger partial charge in [-0.25, -0.2) is 0 Å². The Morgan fingerprint density at radius 3 is 2.75 bits per heavy atom. The molecule has 0 aromatic carbocycles. The number of piperazine rings is 1. The highest BCUT2D eigenvalue weighted by atomic mass is 32.2. The van der Waals surface area contributed by atoms with E-state index in [4.69, 9.17) is 0 Å². The molecule has 1 aliphatic rings. The second-order valence-electron chi connectivity index (χ2n) is 5.37. The molecule has 1 aliphatic heterocycles. The summed E-state index contributed by atoms with van der Waals surface area (Å²) < 4.78 is 0. The molecule has 1 N–H and O–H groups in total. The Labute approximate surface area is 106 Å². The summed E-state index contributed by atoms with van der Waals surface area (Å²) in [6, 6.07) is 0.760. The topological polar surface area (TPSA) is 15.3 Å². The molecule has 3 heteroatoms. The zero-order chi connectivity index (χ0) is 12.0. The van der Waals surface area contributed by atoms with Gasteiger partial charge in [-0.2, -0.15) is 11.8 Å². The van der Waals surface area contributed by atoms with Crippen molar-refractivity contribution in [3.8, 4) is 0 Å². The lowest BCUT2D eigenvalue weighted by Crippen LogP contribution is -2.61. The van der Waals surface area contributed by atoms with Crippen molar-refractivity contribution in [3.63, 3.8) is 0 Å². The lowest BCUT2D eigenvalue weighted by Gasteiger charge is -2.44. The summed E-state index contributed by atoms with van der Waals surface area (Å²) in [5, 5.41) is 3.67. The molecule has 1 rings (SSSR count). The summed E-state index contributed by atoms with van der Waals surface area (Å²) in [5.41, 5.74) is 0.293. The summed E-state index contributed by atoms with van der Waals surface area (Å²) in [7, 11) is 0. The van der Waals surface area contributed by atoms with Crippen LogP contribution < -0.4 is 5.32 Å². The molecule has 0 aromatic rings. The van der Waals surface area contributed by atoms with Gasteiger partial charge in [0, 0.05) is 37.0 Å². The highest BCUT2D eigenvalue weighted by Crippen LogP contribution is 2.18. The predicted octanol–water partition coefficient (Wildman–Crippen LogP) is 2.59. The van der Waals surface area contributed by atoms with Crippen LogP contribution in [-0.4, -0.2) is 47.6 Å². The normalized spacial score (nSPS) is 25.9. The van der Waals surface area contributed by atoms with Gasteiger partial charge >= 0.3 is 0 Å². The summed E-state index contributed by atoms with van der Waals surface area (Å²) in [5.74, 6) is 2.53. The standard InChI is InChI=1S/C13H28N2S/c1-5-7-12-10-14-13(3,4)11-15(12)8-9-16-6-2/h12,14H,5-11H2,1-4H3. The highest BCUT2D eigenvalue weighted by Gasteiger charge is 2.31. The lowest BCUT2D eigenvalue weighted by molar-refractivity contribution is 0.0962. The SMILES string of the molecule is CCCC1CNC(C)(C)CN1CCSCC. The fraction of sp³-hybridized carbons (Fsp3) is 1.00. The average molecular weight is 244 g/mol. The van der Waals surface area contributed by atoms with Crippen LogP contribution in [0.2, 0.25) is 0 Å². The van der Waals surface area contributed by atoms with Gasteiger partial charge in [0.25, 0.3) is 0 Å². The minimum atomic E-state index is 0.293. The van der Waals surface area contributed by atoms with E-state index >= 15 is 0 Å².